The van der Waals surface area contributed by atoms with Gasteiger partial charge in [-0.3, -0.25) is 4.79 Å². The monoisotopic (exact) mass is 330 g/mol. The van der Waals surface area contributed by atoms with E-state index in [0.29, 0.717) is 32.1 Å². The summed E-state index contributed by atoms with van der Waals surface area (Å²) in [5.41, 5.74) is 0.968. The molecule has 8 heteroatoms. The Hall–Kier alpha value is -2.22. The Morgan fingerprint density at radius 2 is 2.17 bits per heavy atom. The van der Waals surface area contributed by atoms with E-state index in [9.17, 15) is 4.79 Å². The van der Waals surface area contributed by atoms with Crippen LogP contribution in [0.1, 0.15) is 25.5 Å². The summed E-state index contributed by atoms with van der Waals surface area (Å²) in [6.45, 7) is 5.53. The maximum Gasteiger partial charge on any atom is 0.254 e. The number of aryl methyl sites for hydroxylation is 1. The number of aromatic nitrogens is 4. The van der Waals surface area contributed by atoms with Gasteiger partial charge in [0.25, 0.3) is 5.78 Å². The summed E-state index contributed by atoms with van der Waals surface area (Å²) in [5.74, 6) is 1.70. The average molecular weight is 330 g/mol. The van der Waals surface area contributed by atoms with E-state index in [0.717, 1.165) is 37.3 Å². The number of rotatable bonds is 3. The van der Waals surface area contributed by atoms with E-state index in [4.69, 9.17) is 4.74 Å². The Bertz CT molecular complexity index is 739. The van der Waals surface area contributed by atoms with Gasteiger partial charge in [0.1, 0.15) is 18.2 Å². The average Bonchev–Trinajstić information content (AvgIpc) is 3.30. The van der Waals surface area contributed by atoms with Crippen LogP contribution in [-0.4, -0.2) is 69.3 Å². The molecule has 2 aromatic rings. The third-order valence-corrected chi connectivity index (χ3v) is 4.80. The first-order chi connectivity index (χ1) is 11.8. The number of anilines is 1. The van der Waals surface area contributed by atoms with E-state index in [1.54, 1.807) is 4.52 Å². The Morgan fingerprint density at radius 1 is 1.33 bits per heavy atom. The molecule has 0 spiro atoms. The van der Waals surface area contributed by atoms with Crippen LogP contribution >= 0.6 is 0 Å². The summed E-state index contributed by atoms with van der Waals surface area (Å²) < 4.78 is 7.10. The van der Waals surface area contributed by atoms with Gasteiger partial charge in [-0.05, 0) is 19.3 Å². The Kier molecular flexibility index (Phi) is 4.05. The van der Waals surface area contributed by atoms with Crippen molar-refractivity contribution in [2.45, 2.75) is 32.2 Å². The van der Waals surface area contributed by atoms with Crippen molar-refractivity contribution in [2.24, 2.45) is 0 Å². The summed E-state index contributed by atoms with van der Waals surface area (Å²) in [4.78, 5) is 25.8. The van der Waals surface area contributed by atoms with Gasteiger partial charge in [0.15, 0.2) is 0 Å². The third kappa shape index (κ3) is 2.60. The van der Waals surface area contributed by atoms with Gasteiger partial charge in [-0.15, -0.1) is 0 Å². The molecule has 0 radical (unpaired) electrons. The lowest BCUT2D eigenvalue weighted by Gasteiger charge is -2.33. The molecule has 24 heavy (non-hydrogen) atoms. The summed E-state index contributed by atoms with van der Waals surface area (Å²) in [7, 11) is 0. The van der Waals surface area contributed by atoms with Crippen LogP contribution in [0.25, 0.3) is 5.78 Å². The Balaban J connectivity index is 1.67. The van der Waals surface area contributed by atoms with Gasteiger partial charge < -0.3 is 14.5 Å². The number of amides is 1. The minimum Gasteiger partial charge on any atom is -0.378 e. The fraction of sp³-hybridized carbons (Fsp3) is 0.625. The molecule has 2 aromatic heterocycles. The van der Waals surface area contributed by atoms with Gasteiger partial charge in [-0.25, -0.2) is 4.98 Å². The zero-order valence-corrected chi connectivity index (χ0v) is 13.9. The number of hydrogen-bond acceptors (Lipinski definition) is 6. The normalized spacial score (nSPS) is 21.6. The minimum absolute atomic E-state index is 0.136. The van der Waals surface area contributed by atoms with E-state index in [2.05, 4.69) is 26.9 Å². The predicted molar refractivity (Wildman–Crippen MR) is 87.9 cm³/mol. The van der Waals surface area contributed by atoms with E-state index < -0.39 is 0 Å². The first kappa shape index (κ1) is 15.3. The summed E-state index contributed by atoms with van der Waals surface area (Å²) in [6, 6.07) is 1.90. The maximum absolute atomic E-state index is 13.0. The number of morpholine rings is 1. The lowest BCUT2D eigenvalue weighted by atomic mass is 10.2. The highest BCUT2D eigenvalue weighted by molar-refractivity contribution is 5.86. The van der Waals surface area contributed by atoms with Crippen molar-refractivity contribution in [1.29, 1.82) is 0 Å². The van der Waals surface area contributed by atoms with E-state index in [1.165, 1.54) is 6.33 Å². The molecule has 1 amide bonds. The molecular formula is C16H22N6O2. The molecule has 0 unspecified atom stereocenters. The van der Waals surface area contributed by atoms with Crippen molar-refractivity contribution >= 4 is 17.5 Å². The molecule has 0 aromatic carbocycles. The number of carbonyl (C=O) groups is 1. The van der Waals surface area contributed by atoms with Crippen LogP contribution in [0.3, 0.4) is 0 Å². The first-order valence-electron chi connectivity index (χ1n) is 8.60. The molecule has 4 heterocycles. The van der Waals surface area contributed by atoms with Crippen LogP contribution in [0, 0.1) is 0 Å². The standard InChI is InChI=1S/C16H22N6O2/c1-2-12-10-14(22-16(19-12)17-11-18-22)21-5-3-4-13(21)15(23)20-6-8-24-9-7-20/h10-11,13H,2-9H2,1H3/t13-/m1/s1. The second-order valence-electron chi connectivity index (χ2n) is 6.22. The topological polar surface area (TPSA) is 75.9 Å². The molecule has 0 aliphatic carbocycles. The highest BCUT2D eigenvalue weighted by Gasteiger charge is 2.35. The molecule has 0 bridgehead atoms. The van der Waals surface area contributed by atoms with Crippen LogP contribution in [0.15, 0.2) is 12.4 Å². The third-order valence-electron chi connectivity index (χ3n) is 4.80. The van der Waals surface area contributed by atoms with Gasteiger partial charge in [0.05, 0.1) is 13.2 Å². The molecule has 2 aliphatic heterocycles. The van der Waals surface area contributed by atoms with Crippen molar-refractivity contribution < 1.29 is 9.53 Å². The molecule has 2 fully saturated rings. The molecule has 2 saturated heterocycles. The molecule has 1 atom stereocenters. The molecule has 0 saturated carbocycles. The fourth-order valence-electron chi connectivity index (χ4n) is 3.52. The predicted octanol–water partition coefficient (Wildman–Crippen LogP) is 0.514. The molecule has 0 N–H and O–H groups in total. The minimum atomic E-state index is -0.136. The molecule has 128 valence electrons. The SMILES string of the molecule is CCc1cc(N2CCC[C@@H]2C(=O)N2CCOCC2)n2ncnc2n1. The van der Waals surface area contributed by atoms with Crippen LogP contribution in [0.2, 0.25) is 0 Å². The van der Waals surface area contributed by atoms with Gasteiger partial charge in [-0.2, -0.15) is 14.6 Å². The van der Waals surface area contributed by atoms with Gasteiger partial charge in [0.2, 0.25) is 5.91 Å². The second-order valence-corrected chi connectivity index (χ2v) is 6.22. The number of fused-ring (bicyclic) bond motifs is 1. The zero-order chi connectivity index (χ0) is 16.5. The maximum atomic E-state index is 13.0. The summed E-state index contributed by atoms with van der Waals surface area (Å²) in [6.07, 6.45) is 4.21. The molecule has 8 nitrogen and oxygen atoms in total. The lowest BCUT2D eigenvalue weighted by Crippen LogP contribution is -2.50. The molecule has 2 aliphatic rings. The Labute approximate surface area is 140 Å². The quantitative estimate of drug-likeness (QED) is 0.816. The van der Waals surface area contributed by atoms with Crippen LogP contribution < -0.4 is 4.90 Å². The van der Waals surface area contributed by atoms with Crippen molar-refractivity contribution in [3.63, 3.8) is 0 Å². The van der Waals surface area contributed by atoms with Crippen molar-refractivity contribution in [3.8, 4) is 0 Å². The largest absolute Gasteiger partial charge is 0.378 e. The van der Waals surface area contributed by atoms with Crippen molar-refractivity contribution in [3.05, 3.63) is 18.1 Å². The summed E-state index contributed by atoms with van der Waals surface area (Å²) in [5, 5.41) is 4.30. The number of nitrogens with zero attached hydrogens (tertiary/aromatic N) is 6. The molecular weight excluding hydrogens is 308 g/mol. The lowest BCUT2D eigenvalue weighted by molar-refractivity contribution is -0.136. The number of hydrogen-bond donors (Lipinski definition) is 0. The van der Waals surface area contributed by atoms with Crippen molar-refractivity contribution in [2.75, 3.05) is 37.7 Å². The van der Waals surface area contributed by atoms with Crippen molar-refractivity contribution in [1.82, 2.24) is 24.5 Å². The second kappa shape index (κ2) is 6.35. The van der Waals surface area contributed by atoms with Crippen LogP contribution in [0.4, 0.5) is 5.82 Å². The van der Waals surface area contributed by atoms with E-state index in [-0.39, 0.29) is 11.9 Å². The highest BCUT2D eigenvalue weighted by Crippen LogP contribution is 2.27. The van der Waals surface area contributed by atoms with E-state index in [1.807, 2.05) is 11.0 Å². The van der Waals surface area contributed by atoms with Crippen LogP contribution in [0.5, 0.6) is 0 Å². The first-order valence-corrected chi connectivity index (χ1v) is 8.60. The van der Waals surface area contributed by atoms with Crippen LogP contribution in [-0.2, 0) is 16.0 Å². The number of ether oxygens (including phenoxy) is 1. The molecule has 4 rings (SSSR count). The fourth-order valence-corrected chi connectivity index (χ4v) is 3.52. The zero-order valence-electron chi connectivity index (χ0n) is 13.9. The van der Waals surface area contributed by atoms with E-state index >= 15 is 0 Å². The smallest absolute Gasteiger partial charge is 0.254 e. The summed E-state index contributed by atoms with van der Waals surface area (Å²) >= 11 is 0. The Morgan fingerprint density at radius 3 is 2.96 bits per heavy atom. The van der Waals surface area contributed by atoms with Gasteiger partial charge in [0, 0.05) is 31.4 Å². The van der Waals surface area contributed by atoms with Gasteiger partial charge >= 0.3 is 0 Å². The van der Waals surface area contributed by atoms with Gasteiger partial charge in [-0.1, -0.05) is 6.92 Å². The number of carbonyl (C=O) groups excluding carboxylic acids is 1. The highest BCUT2D eigenvalue weighted by atomic mass is 16.5.